The molecule has 0 radical (unpaired) electrons. The minimum absolute atomic E-state index is 0.106. The highest BCUT2D eigenvalue weighted by molar-refractivity contribution is 7.99. The minimum atomic E-state index is -0.106. The molecule has 0 aromatic heterocycles. The van der Waals surface area contributed by atoms with Crippen molar-refractivity contribution in [1.82, 2.24) is 0 Å². The van der Waals surface area contributed by atoms with Gasteiger partial charge in [0, 0.05) is 11.8 Å². The van der Waals surface area contributed by atoms with E-state index in [-0.39, 0.29) is 5.91 Å². The summed E-state index contributed by atoms with van der Waals surface area (Å²) in [6.07, 6.45) is 0. The maximum Gasteiger partial charge on any atom is 0.234 e. The van der Waals surface area contributed by atoms with Crippen LogP contribution in [-0.4, -0.2) is 25.9 Å². The third-order valence-electron chi connectivity index (χ3n) is 3.09. The van der Waals surface area contributed by atoms with Crippen LogP contribution in [0, 0.1) is 0 Å². The molecule has 1 N–H and O–H groups in total. The van der Waals surface area contributed by atoms with E-state index in [9.17, 15) is 4.79 Å². The van der Waals surface area contributed by atoms with E-state index in [0.717, 1.165) is 5.75 Å². The van der Waals surface area contributed by atoms with Crippen molar-refractivity contribution in [2.75, 3.05) is 25.3 Å². The topological polar surface area (TPSA) is 47.6 Å². The molecule has 0 aliphatic heterocycles. The molecule has 0 unspecified atom stereocenters. The second-order valence-corrected chi connectivity index (χ2v) is 6.11. The zero-order valence-corrected chi connectivity index (χ0v) is 14.5. The lowest BCUT2D eigenvalue weighted by molar-refractivity contribution is -0.113. The number of carbonyl (C=O) groups excluding carboxylic acids is 1. The van der Waals surface area contributed by atoms with Gasteiger partial charge < -0.3 is 14.8 Å². The first-order chi connectivity index (χ1) is 11.1. The number of anilines is 1. The van der Waals surface area contributed by atoms with Crippen molar-refractivity contribution in [1.29, 1.82) is 0 Å². The summed E-state index contributed by atoms with van der Waals surface area (Å²) in [5.41, 5.74) is 1.72. The average molecular weight is 352 g/mol. The highest BCUT2D eigenvalue weighted by Gasteiger charge is 2.12. The number of methoxy groups -OCH3 is 2. The van der Waals surface area contributed by atoms with Crippen LogP contribution in [0.25, 0.3) is 0 Å². The zero-order chi connectivity index (χ0) is 16.7. The third-order valence-corrected chi connectivity index (χ3v) is 4.39. The molecule has 0 atom stereocenters. The Labute approximate surface area is 145 Å². The summed E-state index contributed by atoms with van der Waals surface area (Å²) in [6.45, 7) is 0. The molecule has 0 aliphatic rings. The average Bonchev–Trinajstić information content (AvgIpc) is 2.56. The second kappa shape index (κ2) is 8.70. The number of carbonyl (C=O) groups is 1. The first kappa shape index (κ1) is 17.5. The summed E-state index contributed by atoms with van der Waals surface area (Å²) in [5, 5.41) is 3.23. The Morgan fingerprint density at radius 3 is 2.48 bits per heavy atom. The molecular formula is C17H18ClNO3S. The van der Waals surface area contributed by atoms with Crippen LogP contribution in [0.2, 0.25) is 5.02 Å². The molecule has 2 rings (SSSR count). The molecular weight excluding hydrogens is 334 g/mol. The number of amides is 1. The van der Waals surface area contributed by atoms with Crippen molar-refractivity contribution in [2.45, 2.75) is 5.75 Å². The maximum atomic E-state index is 12.1. The summed E-state index contributed by atoms with van der Waals surface area (Å²) in [6, 6.07) is 13.3. The molecule has 0 heterocycles. The molecule has 6 heteroatoms. The van der Waals surface area contributed by atoms with Gasteiger partial charge in [-0.15, -0.1) is 11.8 Å². The van der Waals surface area contributed by atoms with Crippen molar-refractivity contribution < 1.29 is 14.3 Å². The van der Waals surface area contributed by atoms with Gasteiger partial charge in [0.25, 0.3) is 0 Å². The lowest BCUT2D eigenvalue weighted by atomic mass is 10.2. The molecule has 0 aliphatic carbocycles. The monoisotopic (exact) mass is 351 g/mol. The fourth-order valence-corrected chi connectivity index (χ4v) is 3.01. The first-order valence-electron chi connectivity index (χ1n) is 6.97. The Balaban J connectivity index is 1.93. The summed E-state index contributed by atoms with van der Waals surface area (Å²) in [5.74, 6) is 2.04. The van der Waals surface area contributed by atoms with E-state index in [2.05, 4.69) is 5.32 Å². The number of rotatable bonds is 7. The van der Waals surface area contributed by atoms with Gasteiger partial charge in [-0.25, -0.2) is 0 Å². The predicted molar refractivity (Wildman–Crippen MR) is 95.8 cm³/mol. The van der Waals surface area contributed by atoms with Crippen molar-refractivity contribution in [3.8, 4) is 11.5 Å². The van der Waals surface area contributed by atoms with Gasteiger partial charge in [-0.2, -0.15) is 0 Å². The summed E-state index contributed by atoms with van der Waals surface area (Å²) in [7, 11) is 3.06. The molecule has 0 saturated heterocycles. The van der Waals surface area contributed by atoms with E-state index in [1.807, 2.05) is 30.3 Å². The van der Waals surface area contributed by atoms with Crippen molar-refractivity contribution in [2.24, 2.45) is 0 Å². The Bertz CT molecular complexity index is 664. The van der Waals surface area contributed by atoms with E-state index < -0.39 is 0 Å². The lowest BCUT2D eigenvalue weighted by Crippen LogP contribution is -2.15. The van der Waals surface area contributed by atoms with Crippen LogP contribution in [0.3, 0.4) is 0 Å². The van der Waals surface area contributed by atoms with Crippen LogP contribution in [0.4, 0.5) is 5.69 Å². The van der Waals surface area contributed by atoms with Crippen LogP contribution in [-0.2, 0) is 10.5 Å². The number of thioether (sulfide) groups is 1. The van der Waals surface area contributed by atoms with Gasteiger partial charge in [0.15, 0.2) is 0 Å². The van der Waals surface area contributed by atoms with Crippen LogP contribution >= 0.6 is 23.4 Å². The smallest absolute Gasteiger partial charge is 0.234 e. The van der Waals surface area contributed by atoms with Gasteiger partial charge in [0.1, 0.15) is 11.5 Å². The fourth-order valence-electron chi connectivity index (χ4n) is 1.98. The molecule has 0 fully saturated rings. The van der Waals surface area contributed by atoms with Crippen LogP contribution in [0.15, 0.2) is 42.5 Å². The molecule has 1 amide bonds. The van der Waals surface area contributed by atoms with E-state index in [0.29, 0.717) is 28.0 Å². The SMILES string of the molecule is COc1cc(OC)c(NC(=O)CSCc2ccccc2)cc1Cl. The Morgan fingerprint density at radius 1 is 1.13 bits per heavy atom. The quantitative estimate of drug-likeness (QED) is 0.811. The summed E-state index contributed by atoms with van der Waals surface area (Å²) < 4.78 is 10.4. The van der Waals surface area contributed by atoms with Crippen molar-refractivity contribution in [3.63, 3.8) is 0 Å². The maximum absolute atomic E-state index is 12.1. The van der Waals surface area contributed by atoms with Crippen molar-refractivity contribution >= 4 is 35.0 Å². The largest absolute Gasteiger partial charge is 0.495 e. The standard InChI is InChI=1S/C17H18ClNO3S/c1-21-15-9-16(22-2)14(8-13(15)18)19-17(20)11-23-10-12-6-4-3-5-7-12/h3-9H,10-11H2,1-2H3,(H,19,20). The number of ether oxygens (including phenoxy) is 2. The molecule has 2 aromatic carbocycles. The molecule has 0 bridgehead atoms. The Morgan fingerprint density at radius 2 is 1.83 bits per heavy atom. The second-order valence-electron chi connectivity index (χ2n) is 4.71. The Kier molecular flexibility index (Phi) is 6.62. The van der Waals surface area contributed by atoms with Gasteiger partial charge in [0.05, 0.1) is 30.7 Å². The number of nitrogens with one attached hydrogen (secondary N) is 1. The summed E-state index contributed by atoms with van der Waals surface area (Å²) in [4.78, 5) is 12.1. The van der Waals surface area contributed by atoms with E-state index >= 15 is 0 Å². The minimum Gasteiger partial charge on any atom is -0.495 e. The van der Waals surface area contributed by atoms with Gasteiger partial charge in [-0.05, 0) is 11.6 Å². The normalized spacial score (nSPS) is 10.2. The number of hydrogen-bond donors (Lipinski definition) is 1. The number of halogens is 1. The Hall–Kier alpha value is -1.85. The predicted octanol–water partition coefficient (Wildman–Crippen LogP) is 4.23. The summed E-state index contributed by atoms with van der Waals surface area (Å²) >= 11 is 7.64. The van der Waals surface area contributed by atoms with Crippen LogP contribution < -0.4 is 14.8 Å². The molecule has 0 saturated carbocycles. The van der Waals surface area contributed by atoms with Gasteiger partial charge in [0.2, 0.25) is 5.91 Å². The molecule has 0 spiro atoms. The van der Waals surface area contributed by atoms with E-state index in [4.69, 9.17) is 21.1 Å². The van der Waals surface area contributed by atoms with Gasteiger partial charge in [-0.1, -0.05) is 41.9 Å². The number of hydrogen-bond acceptors (Lipinski definition) is 4. The highest BCUT2D eigenvalue weighted by atomic mass is 35.5. The number of benzene rings is 2. The van der Waals surface area contributed by atoms with E-state index in [1.54, 1.807) is 23.9 Å². The third kappa shape index (κ3) is 5.08. The zero-order valence-electron chi connectivity index (χ0n) is 13.0. The van der Waals surface area contributed by atoms with Gasteiger partial charge >= 0.3 is 0 Å². The fraction of sp³-hybridized carbons (Fsp3) is 0.235. The van der Waals surface area contributed by atoms with Crippen LogP contribution in [0.5, 0.6) is 11.5 Å². The van der Waals surface area contributed by atoms with Crippen molar-refractivity contribution in [3.05, 3.63) is 53.1 Å². The molecule has 4 nitrogen and oxygen atoms in total. The molecule has 122 valence electrons. The van der Waals surface area contributed by atoms with Crippen LogP contribution in [0.1, 0.15) is 5.56 Å². The lowest BCUT2D eigenvalue weighted by Gasteiger charge is -2.13. The molecule has 2 aromatic rings. The molecule has 23 heavy (non-hydrogen) atoms. The van der Waals surface area contributed by atoms with E-state index in [1.165, 1.54) is 19.8 Å². The highest BCUT2D eigenvalue weighted by Crippen LogP contribution is 2.35. The first-order valence-corrected chi connectivity index (χ1v) is 8.50. The van der Waals surface area contributed by atoms with Gasteiger partial charge in [-0.3, -0.25) is 4.79 Å².